The van der Waals surface area contributed by atoms with Crippen molar-refractivity contribution in [3.63, 3.8) is 0 Å². The van der Waals surface area contributed by atoms with E-state index < -0.39 is 11.9 Å². The van der Waals surface area contributed by atoms with Gasteiger partial charge < -0.3 is 9.73 Å². The van der Waals surface area contributed by atoms with Crippen LogP contribution in [0.3, 0.4) is 0 Å². The molecule has 1 atom stereocenters. The fourth-order valence-electron chi connectivity index (χ4n) is 2.59. The van der Waals surface area contributed by atoms with Gasteiger partial charge in [-0.2, -0.15) is 0 Å². The van der Waals surface area contributed by atoms with Gasteiger partial charge in [0.2, 0.25) is 11.8 Å². The largest absolute Gasteiger partial charge is 0.446 e. The van der Waals surface area contributed by atoms with Gasteiger partial charge in [0.25, 0.3) is 5.91 Å². The predicted molar refractivity (Wildman–Crippen MR) is 107 cm³/mol. The van der Waals surface area contributed by atoms with E-state index in [0.29, 0.717) is 23.9 Å². The first kappa shape index (κ1) is 19.8. The maximum atomic E-state index is 12.5. The molecular weight excluding hydrogens is 376 g/mol. The molecule has 146 valence electrons. The molecule has 0 aliphatic heterocycles. The summed E-state index contributed by atoms with van der Waals surface area (Å²) in [6.45, 7) is 5.61. The number of hydrogen-bond donors (Lipinski definition) is 2. The van der Waals surface area contributed by atoms with Crippen molar-refractivity contribution in [2.45, 2.75) is 39.7 Å². The van der Waals surface area contributed by atoms with Gasteiger partial charge in [0.1, 0.15) is 12.3 Å². The van der Waals surface area contributed by atoms with E-state index in [2.05, 4.69) is 20.6 Å². The van der Waals surface area contributed by atoms with Crippen molar-refractivity contribution in [2.75, 3.05) is 5.32 Å². The predicted octanol–water partition coefficient (Wildman–Crippen LogP) is 3.81. The molecule has 8 heteroatoms. The molecule has 7 nitrogen and oxygen atoms in total. The van der Waals surface area contributed by atoms with Crippen LogP contribution in [0.2, 0.25) is 0 Å². The fourth-order valence-corrected chi connectivity index (χ4v) is 3.40. The number of aryl methyl sites for hydroxylation is 2. The zero-order valence-corrected chi connectivity index (χ0v) is 16.8. The van der Waals surface area contributed by atoms with Crippen LogP contribution in [0.1, 0.15) is 51.9 Å². The second kappa shape index (κ2) is 8.79. The molecular formula is C20H22N4O3S. The summed E-state index contributed by atoms with van der Waals surface area (Å²) < 4.78 is 5.53. The van der Waals surface area contributed by atoms with E-state index in [4.69, 9.17) is 4.42 Å². The minimum absolute atomic E-state index is 0.112. The van der Waals surface area contributed by atoms with Crippen molar-refractivity contribution in [2.24, 2.45) is 0 Å². The Kier molecular flexibility index (Phi) is 6.20. The highest BCUT2D eigenvalue weighted by molar-refractivity contribution is 7.15. The molecule has 1 aromatic carbocycles. The van der Waals surface area contributed by atoms with Crippen molar-refractivity contribution in [1.82, 2.24) is 15.3 Å². The minimum Gasteiger partial charge on any atom is -0.446 e. The van der Waals surface area contributed by atoms with Gasteiger partial charge in [-0.3, -0.25) is 14.9 Å². The van der Waals surface area contributed by atoms with Crippen LogP contribution in [0.25, 0.3) is 0 Å². The molecule has 3 rings (SSSR count). The monoisotopic (exact) mass is 398 g/mol. The highest BCUT2D eigenvalue weighted by Gasteiger charge is 2.22. The fraction of sp³-hybridized carbons (Fsp3) is 0.300. The number of oxazole rings is 1. The first-order valence-electron chi connectivity index (χ1n) is 9.00. The number of nitrogens with one attached hydrogen (secondary N) is 2. The third-order valence-electron chi connectivity index (χ3n) is 4.24. The van der Waals surface area contributed by atoms with Crippen molar-refractivity contribution in [1.29, 1.82) is 0 Å². The molecule has 0 saturated carbocycles. The van der Waals surface area contributed by atoms with Gasteiger partial charge in [-0.1, -0.05) is 37.3 Å². The van der Waals surface area contributed by atoms with E-state index in [1.54, 1.807) is 6.92 Å². The molecule has 28 heavy (non-hydrogen) atoms. The lowest BCUT2D eigenvalue weighted by molar-refractivity contribution is -0.121. The van der Waals surface area contributed by atoms with Crippen LogP contribution in [0.15, 0.2) is 41.0 Å². The van der Waals surface area contributed by atoms with Crippen LogP contribution in [0.4, 0.5) is 5.13 Å². The zero-order valence-electron chi connectivity index (χ0n) is 16.0. The van der Waals surface area contributed by atoms with E-state index in [0.717, 1.165) is 16.1 Å². The van der Waals surface area contributed by atoms with Gasteiger partial charge in [0.05, 0.1) is 5.69 Å². The van der Waals surface area contributed by atoms with Crippen molar-refractivity contribution in [3.05, 3.63) is 64.3 Å². The summed E-state index contributed by atoms with van der Waals surface area (Å²) in [5.74, 6) is -0.217. The van der Waals surface area contributed by atoms with Crippen LogP contribution < -0.4 is 10.6 Å². The SMILES string of the molecule is CCC(=O)N[C@H](Cc1ccccc1)c1nc(C(=O)Nc2nc(C)c(C)s2)co1. The van der Waals surface area contributed by atoms with E-state index >= 15 is 0 Å². The number of thiazole rings is 1. The maximum Gasteiger partial charge on any atom is 0.279 e. The number of rotatable bonds is 7. The zero-order chi connectivity index (χ0) is 20.1. The van der Waals surface area contributed by atoms with Gasteiger partial charge in [0, 0.05) is 17.7 Å². The number of hydrogen-bond acceptors (Lipinski definition) is 6. The summed E-state index contributed by atoms with van der Waals surface area (Å²) in [5, 5.41) is 6.16. The van der Waals surface area contributed by atoms with Crippen molar-refractivity contribution in [3.8, 4) is 0 Å². The average Bonchev–Trinajstić information content (AvgIpc) is 3.29. The Hall–Kier alpha value is -3.00. The number of carbonyl (C=O) groups is 2. The Bertz CT molecular complexity index is 946. The molecule has 0 unspecified atom stereocenters. The topological polar surface area (TPSA) is 97.1 Å². The lowest BCUT2D eigenvalue weighted by Crippen LogP contribution is -2.29. The maximum absolute atomic E-state index is 12.5. The number of carbonyl (C=O) groups excluding carboxylic acids is 2. The number of nitrogens with zero attached hydrogens (tertiary/aromatic N) is 2. The first-order valence-corrected chi connectivity index (χ1v) is 9.82. The second-order valence-electron chi connectivity index (χ2n) is 6.35. The summed E-state index contributed by atoms with van der Waals surface area (Å²) in [6.07, 6.45) is 2.16. The molecule has 0 fully saturated rings. The summed E-state index contributed by atoms with van der Waals surface area (Å²) in [4.78, 5) is 34.0. The van der Waals surface area contributed by atoms with Crippen LogP contribution in [0, 0.1) is 13.8 Å². The molecule has 2 amide bonds. The van der Waals surface area contributed by atoms with Gasteiger partial charge in [-0.15, -0.1) is 11.3 Å². The Labute approximate surface area is 167 Å². The van der Waals surface area contributed by atoms with E-state index in [-0.39, 0.29) is 11.6 Å². The molecule has 0 aliphatic rings. The Morgan fingerprint density at radius 1 is 1.18 bits per heavy atom. The van der Waals surface area contributed by atoms with Crippen LogP contribution in [-0.4, -0.2) is 21.8 Å². The number of aromatic nitrogens is 2. The van der Waals surface area contributed by atoms with Gasteiger partial charge in [-0.05, 0) is 19.4 Å². The third-order valence-corrected chi connectivity index (χ3v) is 5.23. The Morgan fingerprint density at radius 2 is 1.93 bits per heavy atom. The number of anilines is 1. The van der Waals surface area contributed by atoms with Gasteiger partial charge in [-0.25, -0.2) is 9.97 Å². The Balaban J connectivity index is 1.76. The van der Waals surface area contributed by atoms with Crippen LogP contribution in [0.5, 0.6) is 0 Å². The molecule has 2 heterocycles. The molecule has 2 N–H and O–H groups in total. The molecule has 0 aliphatic carbocycles. The standard InChI is InChI=1S/C20H22N4O3S/c1-4-17(25)22-15(10-14-8-6-5-7-9-14)19-23-16(11-27-19)18(26)24-20-21-12(2)13(3)28-20/h5-9,11,15H,4,10H2,1-3H3,(H,22,25)(H,21,24,26)/t15-/m1/s1. The Morgan fingerprint density at radius 3 is 2.57 bits per heavy atom. The summed E-state index contributed by atoms with van der Waals surface area (Å²) in [7, 11) is 0. The van der Waals surface area contributed by atoms with Crippen LogP contribution >= 0.6 is 11.3 Å². The van der Waals surface area contributed by atoms with E-state index in [1.807, 2.05) is 44.2 Å². The smallest absolute Gasteiger partial charge is 0.279 e. The van der Waals surface area contributed by atoms with Crippen molar-refractivity contribution >= 4 is 28.3 Å². The van der Waals surface area contributed by atoms with Gasteiger partial charge in [0.15, 0.2) is 10.8 Å². The average molecular weight is 398 g/mol. The highest BCUT2D eigenvalue weighted by atomic mass is 32.1. The quantitative estimate of drug-likeness (QED) is 0.631. The normalized spacial score (nSPS) is 11.8. The van der Waals surface area contributed by atoms with E-state index in [9.17, 15) is 9.59 Å². The lowest BCUT2D eigenvalue weighted by Gasteiger charge is -2.15. The summed E-state index contributed by atoms with van der Waals surface area (Å²) in [5.41, 5.74) is 2.05. The van der Waals surface area contributed by atoms with E-state index in [1.165, 1.54) is 17.6 Å². The third kappa shape index (κ3) is 4.83. The molecule has 0 radical (unpaired) electrons. The number of amides is 2. The molecule has 2 aromatic heterocycles. The summed E-state index contributed by atoms with van der Waals surface area (Å²) >= 11 is 1.41. The van der Waals surface area contributed by atoms with Gasteiger partial charge >= 0.3 is 0 Å². The first-order chi connectivity index (χ1) is 13.5. The molecule has 3 aromatic rings. The molecule has 0 spiro atoms. The highest BCUT2D eigenvalue weighted by Crippen LogP contribution is 2.23. The number of benzene rings is 1. The minimum atomic E-state index is -0.458. The molecule has 0 bridgehead atoms. The van der Waals surface area contributed by atoms with Crippen molar-refractivity contribution < 1.29 is 14.0 Å². The second-order valence-corrected chi connectivity index (χ2v) is 7.55. The summed E-state index contributed by atoms with van der Waals surface area (Å²) in [6, 6.07) is 9.27. The van der Waals surface area contributed by atoms with Crippen LogP contribution in [-0.2, 0) is 11.2 Å². The lowest BCUT2D eigenvalue weighted by atomic mass is 10.1. The molecule has 0 saturated heterocycles.